The maximum atomic E-state index is 14.1. The number of hydrogen-bond acceptors (Lipinski definition) is 9. The number of aromatic nitrogens is 3. The largest absolute Gasteiger partial charge is 0.496 e. The summed E-state index contributed by atoms with van der Waals surface area (Å²) in [5, 5.41) is 10.2. The Kier molecular flexibility index (Phi) is 8.20. The summed E-state index contributed by atoms with van der Waals surface area (Å²) in [6.45, 7) is 4.68. The number of carbonyl (C=O) groups is 2. The van der Waals surface area contributed by atoms with E-state index in [0.29, 0.717) is 52.6 Å². The number of carboxylic acid groups (broad SMARTS) is 1. The number of para-hydroxylation sites is 1. The highest BCUT2D eigenvalue weighted by Crippen LogP contribution is 2.37. The average molecular weight is 596 g/mol. The zero-order chi connectivity index (χ0) is 30.2. The molecule has 5 rings (SSSR count). The first-order valence-electron chi connectivity index (χ1n) is 13.7. The molecule has 0 spiro atoms. The van der Waals surface area contributed by atoms with Gasteiger partial charge in [-0.25, -0.2) is 19.1 Å². The summed E-state index contributed by atoms with van der Waals surface area (Å²) in [5.41, 5.74) is -1.93. The van der Waals surface area contributed by atoms with Crippen LogP contribution in [0.1, 0.15) is 56.6 Å². The number of Topliss-reactive ketones (excluding diaryl/α,β-unsaturated/α-hetero) is 1. The SMILES string of the molecule is COc1ccccc1[C@H](COC1CCC(=O)CC1)Cn1c(=O)n(C(C)(C)C(=O)O)c(=O)c2c(C)c(-c3ncco3)sc21. The van der Waals surface area contributed by atoms with Crippen molar-refractivity contribution in [3.05, 3.63) is 68.7 Å². The van der Waals surface area contributed by atoms with E-state index >= 15 is 0 Å². The van der Waals surface area contributed by atoms with Crippen molar-refractivity contribution in [1.29, 1.82) is 0 Å². The number of ether oxygens (including phenoxy) is 2. The van der Waals surface area contributed by atoms with Gasteiger partial charge in [-0.05, 0) is 45.2 Å². The predicted octanol–water partition coefficient (Wildman–Crippen LogP) is 4.33. The van der Waals surface area contributed by atoms with Gasteiger partial charge in [-0.2, -0.15) is 0 Å². The molecule has 3 heterocycles. The number of carbonyl (C=O) groups excluding carboxylic acids is 1. The zero-order valence-electron chi connectivity index (χ0n) is 23.9. The number of oxazole rings is 1. The topological polar surface area (TPSA) is 143 Å². The van der Waals surface area contributed by atoms with Gasteiger partial charge >= 0.3 is 11.7 Å². The lowest BCUT2D eigenvalue weighted by Gasteiger charge is -2.27. The molecule has 0 saturated heterocycles. The summed E-state index contributed by atoms with van der Waals surface area (Å²) in [6, 6.07) is 7.43. The van der Waals surface area contributed by atoms with E-state index in [4.69, 9.17) is 13.9 Å². The second-order valence-corrected chi connectivity index (χ2v) is 12.0. The molecule has 1 saturated carbocycles. The van der Waals surface area contributed by atoms with Crippen LogP contribution < -0.4 is 16.0 Å². The molecule has 0 radical (unpaired) electrons. The summed E-state index contributed by atoms with van der Waals surface area (Å²) in [7, 11) is 1.56. The first-order chi connectivity index (χ1) is 20.0. The van der Waals surface area contributed by atoms with E-state index in [2.05, 4.69) is 4.98 Å². The van der Waals surface area contributed by atoms with Crippen molar-refractivity contribution in [2.75, 3.05) is 13.7 Å². The quantitative estimate of drug-likeness (QED) is 0.283. The Morgan fingerprint density at radius 2 is 1.93 bits per heavy atom. The van der Waals surface area contributed by atoms with Gasteiger partial charge in [-0.15, -0.1) is 11.3 Å². The van der Waals surface area contributed by atoms with Crippen molar-refractivity contribution in [2.24, 2.45) is 0 Å². The van der Waals surface area contributed by atoms with Crippen LogP contribution in [0.2, 0.25) is 0 Å². The molecule has 1 aromatic carbocycles. The number of fused-ring (bicyclic) bond motifs is 1. The molecule has 12 heteroatoms. The number of nitrogens with zero attached hydrogens (tertiary/aromatic N) is 3. The maximum absolute atomic E-state index is 14.1. The maximum Gasteiger partial charge on any atom is 0.333 e. The van der Waals surface area contributed by atoms with Crippen LogP contribution in [-0.2, 0) is 26.4 Å². The van der Waals surface area contributed by atoms with Crippen LogP contribution >= 0.6 is 11.3 Å². The van der Waals surface area contributed by atoms with Crippen LogP contribution in [0, 0.1) is 6.92 Å². The molecule has 0 bridgehead atoms. The summed E-state index contributed by atoms with van der Waals surface area (Å²) in [6.07, 6.45) is 5.01. The number of carboxylic acids is 1. The van der Waals surface area contributed by atoms with Crippen molar-refractivity contribution < 1.29 is 28.6 Å². The number of aliphatic carboxylic acids is 1. The molecule has 0 unspecified atom stereocenters. The Hall–Kier alpha value is -4.03. The summed E-state index contributed by atoms with van der Waals surface area (Å²) in [4.78, 5) is 57.2. The molecule has 1 fully saturated rings. The van der Waals surface area contributed by atoms with Crippen molar-refractivity contribution in [3.8, 4) is 16.5 Å². The number of aryl methyl sites for hydroxylation is 1. The third-order valence-electron chi connectivity index (χ3n) is 7.93. The van der Waals surface area contributed by atoms with Crippen LogP contribution in [0.15, 0.2) is 50.7 Å². The van der Waals surface area contributed by atoms with Gasteiger partial charge in [0.2, 0.25) is 5.89 Å². The van der Waals surface area contributed by atoms with E-state index in [1.165, 1.54) is 42.2 Å². The summed E-state index contributed by atoms with van der Waals surface area (Å²) >= 11 is 1.19. The Morgan fingerprint density at radius 1 is 1.21 bits per heavy atom. The molecule has 1 aliphatic carbocycles. The van der Waals surface area contributed by atoms with Gasteiger partial charge < -0.3 is 19.0 Å². The zero-order valence-corrected chi connectivity index (χ0v) is 24.7. The molecular weight excluding hydrogens is 562 g/mol. The van der Waals surface area contributed by atoms with Crippen LogP contribution in [0.4, 0.5) is 0 Å². The minimum Gasteiger partial charge on any atom is -0.496 e. The van der Waals surface area contributed by atoms with E-state index < -0.39 is 28.7 Å². The molecular formula is C30H33N3O8S. The van der Waals surface area contributed by atoms with E-state index in [1.54, 1.807) is 14.0 Å². The molecule has 1 atom stereocenters. The third kappa shape index (κ3) is 5.32. The number of benzene rings is 1. The van der Waals surface area contributed by atoms with Gasteiger partial charge in [0.1, 0.15) is 28.2 Å². The van der Waals surface area contributed by atoms with Gasteiger partial charge in [0.25, 0.3) is 5.56 Å². The Morgan fingerprint density at radius 3 is 2.57 bits per heavy atom. The molecule has 1 N–H and O–H groups in total. The highest BCUT2D eigenvalue weighted by molar-refractivity contribution is 7.22. The van der Waals surface area contributed by atoms with Gasteiger partial charge in [0, 0.05) is 30.9 Å². The number of hydrogen-bond donors (Lipinski definition) is 1. The standard InChI is InChI=1S/C30H33N3O8S/c1-17-23-26(35)33(30(2,3)28(36)37)29(38)32(27(23)42-24(17)25-31-13-14-40-25)15-18(21-7-5-6-8-22(21)39-4)16-41-20-11-9-19(34)10-12-20/h5-8,13-14,18,20H,9-12,15-16H2,1-4H3,(H,36,37)/t18-/m0/s1. The molecule has 3 aromatic heterocycles. The Labute approximate surface area is 245 Å². The van der Waals surface area contributed by atoms with Crippen LogP contribution in [0.5, 0.6) is 5.75 Å². The number of rotatable bonds is 10. The lowest BCUT2D eigenvalue weighted by Crippen LogP contribution is -2.52. The molecule has 42 heavy (non-hydrogen) atoms. The van der Waals surface area contributed by atoms with Gasteiger partial charge in [-0.3, -0.25) is 14.2 Å². The Bertz CT molecular complexity index is 1740. The Balaban J connectivity index is 1.69. The average Bonchev–Trinajstić information content (AvgIpc) is 3.61. The lowest BCUT2D eigenvalue weighted by molar-refractivity contribution is -0.146. The minimum absolute atomic E-state index is 0.0717. The molecule has 222 valence electrons. The number of methoxy groups -OCH3 is 1. The lowest BCUT2D eigenvalue weighted by atomic mass is 9.95. The van der Waals surface area contributed by atoms with Crippen LogP contribution in [0.25, 0.3) is 21.0 Å². The minimum atomic E-state index is -1.83. The molecule has 0 aliphatic heterocycles. The number of ketones is 1. The highest BCUT2D eigenvalue weighted by atomic mass is 32.1. The van der Waals surface area contributed by atoms with Gasteiger partial charge in [-0.1, -0.05) is 18.2 Å². The van der Waals surface area contributed by atoms with Crippen molar-refractivity contribution in [3.63, 3.8) is 0 Å². The first kappa shape index (κ1) is 29.5. The molecule has 0 amide bonds. The summed E-state index contributed by atoms with van der Waals surface area (Å²) in [5.74, 6) is -0.594. The third-order valence-corrected chi connectivity index (χ3v) is 9.23. The smallest absolute Gasteiger partial charge is 0.333 e. The molecule has 4 aromatic rings. The first-order valence-corrected chi connectivity index (χ1v) is 14.5. The van der Waals surface area contributed by atoms with Crippen LogP contribution in [-0.4, -0.2) is 50.8 Å². The highest BCUT2D eigenvalue weighted by Gasteiger charge is 2.36. The van der Waals surface area contributed by atoms with Crippen molar-refractivity contribution in [2.45, 2.75) is 70.6 Å². The van der Waals surface area contributed by atoms with E-state index in [-0.39, 0.29) is 30.4 Å². The molecule has 1 aliphatic rings. The van der Waals surface area contributed by atoms with E-state index in [1.807, 2.05) is 24.3 Å². The number of thiophene rings is 1. The molecule has 11 nitrogen and oxygen atoms in total. The fraction of sp³-hybridized carbons (Fsp3) is 0.433. The van der Waals surface area contributed by atoms with Crippen molar-refractivity contribution in [1.82, 2.24) is 14.1 Å². The van der Waals surface area contributed by atoms with E-state index in [0.717, 1.165) is 10.1 Å². The monoisotopic (exact) mass is 595 g/mol. The fourth-order valence-corrected chi connectivity index (χ4v) is 6.67. The second kappa shape index (κ2) is 11.7. The van der Waals surface area contributed by atoms with Gasteiger partial charge in [0.05, 0.1) is 36.3 Å². The van der Waals surface area contributed by atoms with Gasteiger partial charge in [0.15, 0.2) is 0 Å². The second-order valence-electron chi connectivity index (χ2n) is 11.0. The van der Waals surface area contributed by atoms with Crippen LogP contribution in [0.3, 0.4) is 0 Å². The van der Waals surface area contributed by atoms with E-state index in [9.17, 15) is 24.3 Å². The summed E-state index contributed by atoms with van der Waals surface area (Å²) < 4.78 is 19.7. The normalized spacial score (nSPS) is 15.3. The predicted molar refractivity (Wildman–Crippen MR) is 156 cm³/mol. The fourth-order valence-electron chi connectivity index (χ4n) is 5.43. The van der Waals surface area contributed by atoms with Crippen molar-refractivity contribution >= 4 is 33.3 Å².